The Kier molecular flexibility index (Phi) is 3.08. The van der Waals surface area contributed by atoms with Crippen molar-refractivity contribution < 1.29 is 14.0 Å². The van der Waals surface area contributed by atoms with Crippen LogP contribution in [-0.4, -0.2) is 29.9 Å². The number of amides is 3. The zero-order valence-electron chi connectivity index (χ0n) is 9.52. The molecule has 90 valence electrons. The number of hydrogen-bond acceptors (Lipinski definition) is 2. The Morgan fingerprint density at radius 1 is 1.29 bits per heavy atom. The molecule has 1 aromatic rings. The molecule has 5 heteroatoms. The molecule has 1 fully saturated rings. The lowest BCUT2D eigenvalue weighted by Gasteiger charge is -2.16. The van der Waals surface area contributed by atoms with E-state index in [2.05, 4.69) is 0 Å². The maximum Gasteiger partial charge on any atom is 0.331 e. The summed E-state index contributed by atoms with van der Waals surface area (Å²) < 4.78 is 13.5. The van der Waals surface area contributed by atoms with Gasteiger partial charge in [-0.1, -0.05) is 19.1 Å². The van der Waals surface area contributed by atoms with Crippen molar-refractivity contribution in [1.82, 2.24) is 4.90 Å². The van der Waals surface area contributed by atoms with Gasteiger partial charge in [0.2, 0.25) is 0 Å². The number of anilines is 1. The summed E-state index contributed by atoms with van der Waals surface area (Å²) in [6.45, 7) is 2.46. The Hall–Kier alpha value is -1.91. The highest BCUT2D eigenvalue weighted by molar-refractivity contribution is 6.19. The number of benzene rings is 1. The molecular formula is C12H13FN2O2. The van der Waals surface area contributed by atoms with Gasteiger partial charge in [0.1, 0.15) is 12.4 Å². The third kappa shape index (κ3) is 2.00. The van der Waals surface area contributed by atoms with Gasteiger partial charge in [0.25, 0.3) is 5.91 Å². The van der Waals surface area contributed by atoms with E-state index in [1.54, 1.807) is 6.07 Å². The molecule has 1 aliphatic rings. The van der Waals surface area contributed by atoms with Gasteiger partial charge in [-0.2, -0.15) is 0 Å². The van der Waals surface area contributed by atoms with E-state index in [0.29, 0.717) is 6.54 Å². The number of halogens is 1. The predicted molar refractivity (Wildman–Crippen MR) is 61.1 cm³/mol. The highest BCUT2D eigenvalue weighted by Gasteiger charge is 2.37. The number of urea groups is 1. The third-order valence-electron chi connectivity index (χ3n) is 2.62. The molecule has 0 saturated carbocycles. The third-order valence-corrected chi connectivity index (χ3v) is 2.62. The van der Waals surface area contributed by atoms with Crippen molar-refractivity contribution in [1.29, 1.82) is 0 Å². The van der Waals surface area contributed by atoms with Gasteiger partial charge in [-0.25, -0.2) is 14.1 Å². The lowest BCUT2D eigenvalue weighted by atomic mass is 10.3. The minimum Gasteiger partial charge on any atom is -0.315 e. The first-order valence-corrected chi connectivity index (χ1v) is 5.51. The fraction of sp³-hybridized carbons (Fsp3) is 0.333. The number of imide groups is 1. The van der Waals surface area contributed by atoms with E-state index in [0.717, 1.165) is 11.3 Å². The Labute approximate surface area is 98.6 Å². The van der Waals surface area contributed by atoms with Crippen LogP contribution < -0.4 is 4.90 Å². The largest absolute Gasteiger partial charge is 0.331 e. The van der Waals surface area contributed by atoms with E-state index in [-0.39, 0.29) is 18.1 Å². The molecule has 0 unspecified atom stereocenters. The molecule has 0 aliphatic carbocycles. The smallest absolute Gasteiger partial charge is 0.315 e. The maximum atomic E-state index is 13.5. The molecule has 2 rings (SSSR count). The lowest BCUT2D eigenvalue weighted by molar-refractivity contribution is -0.116. The fourth-order valence-corrected chi connectivity index (χ4v) is 1.86. The summed E-state index contributed by atoms with van der Waals surface area (Å²) in [6.07, 6.45) is 0.768. The summed E-state index contributed by atoms with van der Waals surface area (Å²) in [5.74, 6) is -0.943. The van der Waals surface area contributed by atoms with Gasteiger partial charge in [-0.3, -0.25) is 4.79 Å². The highest BCUT2D eigenvalue weighted by atomic mass is 19.1. The molecule has 1 aliphatic heterocycles. The number of para-hydroxylation sites is 1. The number of nitrogens with zero attached hydrogens (tertiary/aromatic N) is 2. The maximum absolute atomic E-state index is 13.5. The molecule has 4 nitrogen and oxygen atoms in total. The molecule has 0 N–H and O–H groups in total. The molecule has 1 saturated heterocycles. The first kappa shape index (κ1) is 11.6. The van der Waals surface area contributed by atoms with Gasteiger partial charge in [-0.05, 0) is 18.6 Å². The van der Waals surface area contributed by atoms with Crippen molar-refractivity contribution in [2.75, 3.05) is 18.0 Å². The SMILES string of the molecule is CCCN1CC(=O)N(c2ccccc2F)C1=O. The summed E-state index contributed by atoms with van der Waals surface area (Å²) in [7, 11) is 0. The Bertz CT molecular complexity index is 462. The summed E-state index contributed by atoms with van der Waals surface area (Å²) in [5, 5.41) is 0. The van der Waals surface area contributed by atoms with Crippen LogP contribution in [0.25, 0.3) is 0 Å². The first-order chi connectivity index (χ1) is 8.15. The molecule has 1 heterocycles. The van der Waals surface area contributed by atoms with Crippen molar-refractivity contribution in [3.05, 3.63) is 30.1 Å². The highest BCUT2D eigenvalue weighted by Crippen LogP contribution is 2.24. The molecule has 1 aromatic carbocycles. The van der Waals surface area contributed by atoms with E-state index in [4.69, 9.17) is 0 Å². The van der Waals surface area contributed by atoms with Gasteiger partial charge < -0.3 is 4.90 Å². The van der Waals surface area contributed by atoms with Crippen LogP contribution in [0.1, 0.15) is 13.3 Å². The van der Waals surface area contributed by atoms with Crippen LogP contribution in [0, 0.1) is 5.82 Å². The molecule has 0 radical (unpaired) electrons. The van der Waals surface area contributed by atoms with Gasteiger partial charge >= 0.3 is 6.03 Å². The van der Waals surface area contributed by atoms with E-state index in [9.17, 15) is 14.0 Å². The minimum absolute atomic E-state index is 0.0288. The van der Waals surface area contributed by atoms with Gasteiger partial charge in [0.05, 0.1) is 5.69 Å². The second-order valence-electron chi connectivity index (χ2n) is 3.88. The summed E-state index contributed by atoms with van der Waals surface area (Å²) in [5.41, 5.74) is 0.0288. The van der Waals surface area contributed by atoms with Crippen LogP contribution in [0.3, 0.4) is 0 Å². The van der Waals surface area contributed by atoms with Crippen molar-refractivity contribution in [2.45, 2.75) is 13.3 Å². The Morgan fingerprint density at radius 2 is 2.00 bits per heavy atom. The topological polar surface area (TPSA) is 40.6 Å². The molecule has 0 aromatic heterocycles. The van der Waals surface area contributed by atoms with Gasteiger partial charge in [0.15, 0.2) is 0 Å². The van der Waals surface area contributed by atoms with E-state index in [1.807, 2.05) is 6.92 Å². The monoisotopic (exact) mass is 236 g/mol. The Morgan fingerprint density at radius 3 is 2.65 bits per heavy atom. The van der Waals surface area contributed by atoms with Crippen LogP contribution >= 0.6 is 0 Å². The minimum atomic E-state index is -0.562. The standard InChI is InChI=1S/C12H13FN2O2/c1-2-7-14-8-11(16)15(12(14)17)10-6-4-3-5-9(10)13/h3-6H,2,7-8H2,1H3. The number of rotatable bonds is 3. The lowest BCUT2D eigenvalue weighted by Crippen LogP contribution is -2.33. The summed E-state index contributed by atoms with van der Waals surface area (Å²) >= 11 is 0. The number of hydrogen-bond donors (Lipinski definition) is 0. The molecule has 0 atom stereocenters. The van der Waals surface area contributed by atoms with E-state index in [1.165, 1.54) is 23.1 Å². The summed E-state index contributed by atoms with van der Waals surface area (Å²) in [4.78, 5) is 26.0. The van der Waals surface area contributed by atoms with E-state index >= 15 is 0 Å². The molecule has 0 bridgehead atoms. The Balaban J connectivity index is 2.31. The zero-order valence-corrected chi connectivity index (χ0v) is 9.52. The van der Waals surface area contributed by atoms with Gasteiger partial charge in [-0.15, -0.1) is 0 Å². The quantitative estimate of drug-likeness (QED) is 0.753. The average Bonchev–Trinajstić information content (AvgIpc) is 2.57. The van der Waals surface area contributed by atoms with Crippen molar-refractivity contribution in [3.8, 4) is 0 Å². The van der Waals surface area contributed by atoms with Crippen molar-refractivity contribution in [2.24, 2.45) is 0 Å². The van der Waals surface area contributed by atoms with Crippen LogP contribution in [0.5, 0.6) is 0 Å². The average molecular weight is 236 g/mol. The molecule has 3 amide bonds. The van der Waals surface area contributed by atoms with Crippen LogP contribution in [0.15, 0.2) is 24.3 Å². The molecule has 17 heavy (non-hydrogen) atoms. The van der Waals surface area contributed by atoms with Crippen molar-refractivity contribution in [3.63, 3.8) is 0 Å². The zero-order chi connectivity index (χ0) is 12.4. The fourth-order valence-electron chi connectivity index (χ4n) is 1.86. The van der Waals surface area contributed by atoms with Crippen molar-refractivity contribution >= 4 is 17.6 Å². The predicted octanol–water partition coefficient (Wildman–Crippen LogP) is 2.00. The first-order valence-electron chi connectivity index (χ1n) is 5.51. The summed E-state index contributed by atoms with van der Waals surface area (Å²) in [6, 6.07) is 5.34. The van der Waals surface area contributed by atoms with Crippen LogP contribution in [-0.2, 0) is 4.79 Å². The molecule has 0 spiro atoms. The normalized spacial score (nSPS) is 15.9. The van der Waals surface area contributed by atoms with Crippen LogP contribution in [0.2, 0.25) is 0 Å². The number of carbonyl (C=O) groups excluding carboxylic acids is 2. The number of carbonyl (C=O) groups is 2. The second-order valence-corrected chi connectivity index (χ2v) is 3.88. The molecular weight excluding hydrogens is 223 g/mol. The van der Waals surface area contributed by atoms with Gasteiger partial charge in [0, 0.05) is 6.54 Å². The van der Waals surface area contributed by atoms with Crippen LogP contribution in [0.4, 0.5) is 14.9 Å². The van der Waals surface area contributed by atoms with E-state index < -0.39 is 11.8 Å². The second kappa shape index (κ2) is 4.53.